The van der Waals surface area contributed by atoms with E-state index in [2.05, 4.69) is 13.5 Å². The van der Waals surface area contributed by atoms with Gasteiger partial charge in [0.05, 0.1) is 13.2 Å². The summed E-state index contributed by atoms with van der Waals surface area (Å²) in [6.45, 7) is 8.25. The second kappa shape index (κ2) is 21.5. The number of carbonyl (C=O) groups is 1. The van der Waals surface area contributed by atoms with Gasteiger partial charge < -0.3 is 15.1 Å². The summed E-state index contributed by atoms with van der Waals surface area (Å²) >= 11 is 5.24. The summed E-state index contributed by atoms with van der Waals surface area (Å²) < 4.78 is 0. The minimum Gasteiger partial charge on any atom is -0.395 e. The fraction of sp³-hybridized carbons (Fsp3) is 0.850. The maximum absolute atomic E-state index is 11.8. The molecule has 0 saturated carbocycles. The quantitative estimate of drug-likeness (QED) is 0.250. The fourth-order valence-corrected chi connectivity index (χ4v) is 2.35. The van der Waals surface area contributed by atoms with Crippen molar-refractivity contribution >= 4 is 17.5 Å². The molecule has 0 aromatic heterocycles. The summed E-state index contributed by atoms with van der Waals surface area (Å²) in [6.07, 6.45) is 11.7. The molecule has 2 N–H and O–H groups in total. The van der Waals surface area contributed by atoms with E-state index in [0.29, 0.717) is 25.4 Å². The summed E-state index contributed by atoms with van der Waals surface area (Å²) in [7, 11) is 0. The van der Waals surface area contributed by atoms with Crippen LogP contribution in [-0.2, 0) is 4.79 Å². The van der Waals surface area contributed by atoms with Crippen LogP contribution in [-0.4, -0.2) is 53.2 Å². The summed E-state index contributed by atoms with van der Waals surface area (Å²) in [5.74, 6) is 0.635. The Hall–Kier alpha value is -0.580. The predicted octanol–water partition coefficient (Wildman–Crippen LogP) is 4.52. The molecule has 0 bridgehead atoms. The van der Waals surface area contributed by atoms with Gasteiger partial charge in [-0.1, -0.05) is 70.4 Å². The molecule has 0 fully saturated rings. The average molecular weight is 378 g/mol. The first-order valence-corrected chi connectivity index (χ1v) is 10.3. The first-order chi connectivity index (χ1) is 12.0. The van der Waals surface area contributed by atoms with Crippen LogP contribution in [0.5, 0.6) is 0 Å². The number of hydrogen-bond donors (Lipinski definition) is 2. The van der Waals surface area contributed by atoms with Crippen LogP contribution in [0.15, 0.2) is 12.2 Å². The van der Waals surface area contributed by atoms with Crippen molar-refractivity contribution in [1.82, 2.24) is 4.90 Å². The lowest BCUT2D eigenvalue weighted by atomic mass is 10.1. The number of aliphatic hydroxyl groups is 2. The number of alkyl halides is 1. The van der Waals surface area contributed by atoms with E-state index in [-0.39, 0.29) is 19.1 Å². The van der Waals surface area contributed by atoms with Crippen LogP contribution in [0.4, 0.5) is 0 Å². The number of rotatable bonds is 15. The van der Waals surface area contributed by atoms with Gasteiger partial charge in [-0.15, -0.1) is 11.6 Å². The lowest BCUT2D eigenvalue weighted by Gasteiger charge is -2.20. The Balaban J connectivity index is 0. The molecule has 0 aliphatic rings. The van der Waals surface area contributed by atoms with Gasteiger partial charge in [0.1, 0.15) is 0 Å². The zero-order valence-corrected chi connectivity index (χ0v) is 17.2. The van der Waals surface area contributed by atoms with Crippen molar-refractivity contribution in [3.8, 4) is 0 Å². The van der Waals surface area contributed by atoms with Crippen molar-refractivity contribution in [3.05, 3.63) is 12.2 Å². The van der Waals surface area contributed by atoms with Gasteiger partial charge in [-0.25, -0.2) is 0 Å². The number of amides is 1. The molecule has 4 nitrogen and oxygen atoms in total. The molecule has 0 heterocycles. The van der Waals surface area contributed by atoms with Crippen LogP contribution in [0, 0.1) is 0 Å². The highest BCUT2D eigenvalue weighted by Gasteiger charge is 2.11. The van der Waals surface area contributed by atoms with Crippen LogP contribution in [0.25, 0.3) is 0 Å². The molecule has 0 spiro atoms. The van der Waals surface area contributed by atoms with Gasteiger partial charge in [0, 0.05) is 25.4 Å². The highest BCUT2D eigenvalue weighted by atomic mass is 35.5. The van der Waals surface area contributed by atoms with Crippen molar-refractivity contribution < 1.29 is 15.0 Å². The Bertz CT molecular complexity index is 305. The third-order valence-electron chi connectivity index (χ3n) is 3.81. The molecule has 25 heavy (non-hydrogen) atoms. The van der Waals surface area contributed by atoms with Gasteiger partial charge in [0.2, 0.25) is 5.91 Å². The minimum absolute atomic E-state index is 0.0382. The normalized spacial score (nSPS) is 10.1. The zero-order chi connectivity index (χ0) is 19.3. The first kappa shape index (κ1) is 26.6. The Morgan fingerprint density at radius 3 is 1.68 bits per heavy atom. The number of unbranched alkanes of at least 4 members (excludes halogenated alkanes) is 8. The molecule has 0 saturated heterocycles. The number of allylic oxidation sites excluding steroid dienone is 1. The van der Waals surface area contributed by atoms with Crippen molar-refractivity contribution in [2.75, 3.05) is 32.2 Å². The number of hydrogen-bond acceptors (Lipinski definition) is 3. The van der Waals surface area contributed by atoms with Gasteiger partial charge in [0.15, 0.2) is 0 Å². The molecule has 5 heteroatoms. The summed E-state index contributed by atoms with van der Waals surface area (Å²) in [5, 5.41) is 17.7. The molecule has 0 radical (unpaired) electrons. The predicted molar refractivity (Wildman–Crippen MR) is 108 cm³/mol. The first-order valence-electron chi connectivity index (χ1n) is 9.73. The molecular formula is C20H40ClNO3. The molecule has 0 aliphatic carbocycles. The Labute approximate surface area is 160 Å². The smallest absolute Gasteiger partial charge is 0.222 e. The van der Waals surface area contributed by atoms with E-state index in [1.165, 1.54) is 44.9 Å². The van der Waals surface area contributed by atoms with Gasteiger partial charge in [-0.3, -0.25) is 4.79 Å². The van der Waals surface area contributed by atoms with Gasteiger partial charge >= 0.3 is 0 Å². The molecule has 0 aromatic rings. The second-order valence-corrected chi connectivity index (χ2v) is 6.76. The summed E-state index contributed by atoms with van der Waals surface area (Å²) in [4.78, 5) is 13.4. The van der Waals surface area contributed by atoms with Crippen molar-refractivity contribution in [1.29, 1.82) is 0 Å². The van der Waals surface area contributed by atoms with Crippen LogP contribution >= 0.6 is 11.6 Å². The van der Waals surface area contributed by atoms with E-state index in [0.717, 1.165) is 18.4 Å². The number of aliphatic hydroxyl groups excluding tert-OH is 2. The van der Waals surface area contributed by atoms with Crippen molar-refractivity contribution in [3.63, 3.8) is 0 Å². The van der Waals surface area contributed by atoms with E-state index in [9.17, 15) is 4.79 Å². The van der Waals surface area contributed by atoms with Crippen molar-refractivity contribution in [2.24, 2.45) is 0 Å². The fourth-order valence-electron chi connectivity index (χ4n) is 2.35. The zero-order valence-electron chi connectivity index (χ0n) is 16.4. The molecule has 0 atom stereocenters. The van der Waals surface area contributed by atoms with Crippen molar-refractivity contribution in [2.45, 2.75) is 78.1 Å². The summed E-state index contributed by atoms with van der Waals surface area (Å²) in [5.41, 5.74) is 1.02. The molecular weight excluding hydrogens is 338 g/mol. The van der Waals surface area contributed by atoms with Gasteiger partial charge in [-0.2, -0.15) is 0 Å². The molecule has 0 aliphatic heterocycles. The number of carbonyl (C=O) groups excluding carboxylic acids is 1. The van der Waals surface area contributed by atoms with E-state index in [1.807, 2.05) is 6.92 Å². The molecule has 0 aromatic carbocycles. The highest BCUT2D eigenvalue weighted by molar-refractivity contribution is 6.19. The Kier molecular flexibility index (Phi) is 22.9. The Morgan fingerprint density at radius 2 is 1.32 bits per heavy atom. The van der Waals surface area contributed by atoms with E-state index in [4.69, 9.17) is 21.8 Å². The SMILES string of the molecule is C=C(C)CCl.CCCCCCCCCCCC(=O)N(CCO)CCO. The second-order valence-electron chi connectivity index (χ2n) is 6.50. The number of nitrogens with zero attached hydrogens (tertiary/aromatic N) is 1. The highest BCUT2D eigenvalue weighted by Crippen LogP contribution is 2.11. The molecule has 1 amide bonds. The standard InChI is InChI=1S/C16H33NO3.C4H7Cl/c1-2-3-4-5-6-7-8-9-10-11-16(20)17(12-14-18)13-15-19;1-4(2)3-5/h18-19H,2-15H2,1H3;1,3H2,2H3. The minimum atomic E-state index is -0.0382. The monoisotopic (exact) mass is 377 g/mol. The van der Waals surface area contributed by atoms with Gasteiger partial charge in [-0.05, 0) is 13.3 Å². The van der Waals surface area contributed by atoms with E-state index >= 15 is 0 Å². The number of halogens is 1. The van der Waals surface area contributed by atoms with Gasteiger partial charge in [0.25, 0.3) is 0 Å². The third kappa shape index (κ3) is 21.4. The molecule has 150 valence electrons. The molecule has 0 unspecified atom stereocenters. The lowest BCUT2D eigenvalue weighted by Crippen LogP contribution is -2.35. The largest absolute Gasteiger partial charge is 0.395 e. The Morgan fingerprint density at radius 1 is 0.920 bits per heavy atom. The van der Waals surface area contributed by atoms with Crippen LogP contribution in [0.1, 0.15) is 78.1 Å². The maximum Gasteiger partial charge on any atom is 0.222 e. The average Bonchev–Trinajstić information content (AvgIpc) is 2.60. The van der Waals surface area contributed by atoms with Crippen LogP contribution in [0.3, 0.4) is 0 Å². The topological polar surface area (TPSA) is 60.8 Å². The van der Waals surface area contributed by atoms with E-state index in [1.54, 1.807) is 4.90 Å². The summed E-state index contributed by atoms with van der Waals surface area (Å²) in [6, 6.07) is 0. The third-order valence-corrected chi connectivity index (χ3v) is 4.27. The van der Waals surface area contributed by atoms with Crippen LogP contribution < -0.4 is 0 Å². The van der Waals surface area contributed by atoms with E-state index < -0.39 is 0 Å². The lowest BCUT2D eigenvalue weighted by molar-refractivity contribution is -0.132. The molecule has 0 rings (SSSR count). The maximum atomic E-state index is 11.8. The van der Waals surface area contributed by atoms with Crippen LogP contribution in [0.2, 0.25) is 0 Å².